The van der Waals surface area contributed by atoms with E-state index in [1.54, 1.807) is 0 Å². The lowest BCUT2D eigenvalue weighted by Gasteiger charge is -2.50. The molecule has 2 aromatic rings. The van der Waals surface area contributed by atoms with Crippen molar-refractivity contribution < 1.29 is 9.59 Å². The van der Waals surface area contributed by atoms with Gasteiger partial charge in [-0.05, 0) is 42.9 Å². The lowest BCUT2D eigenvalue weighted by atomic mass is 9.71. The van der Waals surface area contributed by atoms with Gasteiger partial charge < -0.3 is 10.2 Å². The Bertz CT molecular complexity index is 887. The second kappa shape index (κ2) is 9.03. The average molecular weight is 405 g/mol. The number of unbranched alkanes of at least 4 members (excludes halogenated alkanes) is 1. The molecule has 2 aromatic carbocycles. The van der Waals surface area contributed by atoms with Crippen molar-refractivity contribution in [1.82, 2.24) is 10.2 Å². The van der Waals surface area contributed by atoms with E-state index < -0.39 is 0 Å². The SMILES string of the molecule is CCCCN1C(=O)c2ccccc2C(C(=O)NCCc2ccccc2)C12CCCC2. The van der Waals surface area contributed by atoms with Gasteiger partial charge in [-0.1, -0.05) is 74.7 Å². The van der Waals surface area contributed by atoms with E-state index in [1.807, 2.05) is 42.5 Å². The molecule has 4 nitrogen and oxygen atoms in total. The van der Waals surface area contributed by atoms with Gasteiger partial charge in [0.05, 0.1) is 11.5 Å². The third-order valence-electron chi connectivity index (χ3n) is 6.84. The van der Waals surface area contributed by atoms with E-state index in [0.29, 0.717) is 12.1 Å². The fourth-order valence-electron chi connectivity index (χ4n) is 5.38. The van der Waals surface area contributed by atoms with Crippen molar-refractivity contribution in [2.24, 2.45) is 0 Å². The number of fused-ring (bicyclic) bond motifs is 1. The molecule has 1 saturated carbocycles. The van der Waals surface area contributed by atoms with Gasteiger partial charge in [-0.3, -0.25) is 9.59 Å². The van der Waals surface area contributed by atoms with Crippen LogP contribution in [0.5, 0.6) is 0 Å². The Morgan fingerprint density at radius 1 is 1.07 bits per heavy atom. The molecule has 1 unspecified atom stereocenters. The molecule has 0 radical (unpaired) electrons. The first-order valence-electron chi connectivity index (χ1n) is 11.4. The van der Waals surface area contributed by atoms with Crippen molar-refractivity contribution in [2.75, 3.05) is 13.1 Å². The molecule has 1 atom stereocenters. The third-order valence-corrected chi connectivity index (χ3v) is 6.84. The number of hydrogen-bond acceptors (Lipinski definition) is 2. The zero-order chi connectivity index (χ0) is 21.0. The summed E-state index contributed by atoms with van der Waals surface area (Å²) in [5, 5.41) is 3.21. The molecule has 4 rings (SSSR count). The van der Waals surface area contributed by atoms with Crippen LogP contribution in [0.4, 0.5) is 0 Å². The van der Waals surface area contributed by atoms with Crippen LogP contribution in [0.3, 0.4) is 0 Å². The van der Waals surface area contributed by atoms with Crippen LogP contribution in [0.15, 0.2) is 54.6 Å². The Morgan fingerprint density at radius 3 is 2.50 bits per heavy atom. The summed E-state index contributed by atoms with van der Waals surface area (Å²) in [5.41, 5.74) is 2.46. The summed E-state index contributed by atoms with van der Waals surface area (Å²) in [6.45, 7) is 3.50. The Balaban J connectivity index is 1.63. The van der Waals surface area contributed by atoms with E-state index in [9.17, 15) is 9.59 Å². The van der Waals surface area contributed by atoms with E-state index >= 15 is 0 Å². The molecular weight excluding hydrogens is 372 g/mol. The summed E-state index contributed by atoms with van der Waals surface area (Å²) in [6, 6.07) is 18.0. The molecule has 1 aliphatic carbocycles. The summed E-state index contributed by atoms with van der Waals surface area (Å²) < 4.78 is 0. The average Bonchev–Trinajstić information content (AvgIpc) is 3.24. The molecule has 4 heteroatoms. The quantitative estimate of drug-likeness (QED) is 0.727. The number of carbonyl (C=O) groups excluding carboxylic acids is 2. The fourth-order valence-corrected chi connectivity index (χ4v) is 5.38. The minimum atomic E-state index is -0.378. The molecule has 2 aliphatic rings. The Kier molecular flexibility index (Phi) is 6.21. The number of carbonyl (C=O) groups is 2. The van der Waals surface area contributed by atoms with Crippen LogP contribution in [0.1, 0.15) is 72.9 Å². The molecule has 158 valence electrons. The van der Waals surface area contributed by atoms with E-state index in [1.165, 1.54) is 5.56 Å². The number of nitrogens with one attached hydrogen (secondary N) is 1. The molecule has 30 heavy (non-hydrogen) atoms. The second-order valence-electron chi connectivity index (χ2n) is 8.67. The topological polar surface area (TPSA) is 49.4 Å². The summed E-state index contributed by atoms with van der Waals surface area (Å²) in [6.07, 6.45) is 6.79. The van der Waals surface area contributed by atoms with E-state index in [2.05, 4.69) is 29.3 Å². The largest absolute Gasteiger partial charge is 0.355 e. The minimum Gasteiger partial charge on any atom is -0.355 e. The molecule has 1 aliphatic heterocycles. The van der Waals surface area contributed by atoms with Gasteiger partial charge in [-0.2, -0.15) is 0 Å². The smallest absolute Gasteiger partial charge is 0.254 e. The summed E-state index contributed by atoms with van der Waals surface area (Å²) in [4.78, 5) is 29.1. The number of amides is 2. The lowest BCUT2D eigenvalue weighted by Crippen LogP contribution is -2.60. The van der Waals surface area contributed by atoms with Crippen molar-refractivity contribution in [2.45, 2.75) is 63.3 Å². The van der Waals surface area contributed by atoms with Crippen molar-refractivity contribution in [3.05, 3.63) is 71.3 Å². The van der Waals surface area contributed by atoms with Gasteiger partial charge in [0, 0.05) is 18.7 Å². The number of benzene rings is 2. The van der Waals surface area contributed by atoms with Crippen LogP contribution in [-0.2, 0) is 11.2 Å². The molecule has 1 heterocycles. The van der Waals surface area contributed by atoms with Gasteiger partial charge in [-0.25, -0.2) is 0 Å². The highest BCUT2D eigenvalue weighted by Crippen LogP contribution is 2.50. The first kappa shape index (κ1) is 20.6. The van der Waals surface area contributed by atoms with Crippen LogP contribution in [0.2, 0.25) is 0 Å². The third kappa shape index (κ3) is 3.76. The maximum atomic E-state index is 13.6. The molecule has 1 fully saturated rings. The predicted molar refractivity (Wildman–Crippen MR) is 119 cm³/mol. The second-order valence-corrected chi connectivity index (χ2v) is 8.67. The number of nitrogens with zero attached hydrogens (tertiary/aromatic N) is 1. The Labute approximate surface area is 179 Å². The first-order valence-corrected chi connectivity index (χ1v) is 11.4. The highest BCUT2D eigenvalue weighted by Gasteiger charge is 2.55. The fraction of sp³-hybridized carbons (Fsp3) is 0.462. The monoisotopic (exact) mass is 404 g/mol. The van der Waals surface area contributed by atoms with Crippen LogP contribution >= 0.6 is 0 Å². The summed E-state index contributed by atoms with van der Waals surface area (Å²) >= 11 is 0. The van der Waals surface area contributed by atoms with Gasteiger partial charge in [0.15, 0.2) is 0 Å². The summed E-state index contributed by atoms with van der Waals surface area (Å²) in [7, 11) is 0. The Morgan fingerprint density at radius 2 is 1.77 bits per heavy atom. The van der Waals surface area contributed by atoms with Gasteiger partial charge in [0.25, 0.3) is 5.91 Å². The molecule has 1 N–H and O–H groups in total. The minimum absolute atomic E-state index is 0.0641. The normalized spacial score (nSPS) is 19.7. The van der Waals surface area contributed by atoms with Gasteiger partial charge in [-0.15, -0.1) is 0 Å². The van der Waals surface area contributed by atoms with Crippen molar-refractivity contribution >= 4 is 11.8 Å². The van der Waals surface area contributed by atoms with Gasteiger partial charge in [0.1, 0.15) is 0 Å². The molecule has 0 saturated heterocycles. The highest BCUT2D eigenvalue weighted by molar-refractivity contribution is 6.02. The van der Waals surface area contributed by atoms with E-state index in [0.717, 1.165) is 57.1 Å². The van der Waals surface area contributed by atoms with Crippen LogP contribution < -0.4 is 5.32 Å². The number of rotatable bonds is 7. The Hall–Kier alpha value is -2.62. The summed E-state index contributed by atoms with van der Waals surface area (Å²) in [5.74, 6) is -0.120. The first-order chi connectivity index (χ1) is 14.7. The molecule has 0 bridgehead atoms. The van der Waals surface area contributed by atoms with Crippen molar-refractivity contribution in [3.8, 4) is 0 Å². The van der Waals surface area contributed by atoms with Gasteiger partial charge in [0.2, 0.25) is 5.91 Å². The molecule has 2 amide bonds. The van der Waals surface area contributed by atoms with E-state index in [-0.39, 0.29) is 23.3 Å². The van der Waals surface area contributed by atoms with Crippen LogP contribution in [0.25, 0.3) is 0 Å². The van der Waals surface area contributed by atoms with Crippen molar-refractivity contribution in [1.29, 1.82) is 0 Å². The zero-order valence-corrected chi connectivity index (χ0v) is 17.9. The molecule has 1 spiro atoms. The number of hydrogen-bond donors (Lipinski definition) is 1. The van der Waals surface area contributed by atoms with Crippen molar-refractivity contribution in [3.63, 3.8) is 0 Å². The molecule has 0 aromatic heterocycles. The molecular formula is C26H32N2O2. The zero-order valence-electron chi connectivity index (χ0n) is 17.9. The van der Waals surface area contributed by atoms with Crippen LogP contribution in [0, 0.1) is 0 Å². The van der Waals surface area contributed by atoms with E-state index in [4.69, 9.17) is 0 Å². The predicted octanol–water partition coefficient (Wildman–Crippen LogP) is 4.70. The highest BCUT2D eigenvalue weighted by atomic mass is 16.2. The van der Waals surface area contributed by atoms with Gasteiger partial charge >= 0.3 is 0 Å². The van der Waals surface area contributed by atoms with Crippen LogP contribution in [-0.4, -0.2) is 35.3 Å². The lowest BCUT2D eigenvalue weighted by molar-refractivity contribution is -0.126. The standard InChI is InChI=1S/C26H32N2O2/c1-2-3-19-28-25(30)22-14-8-7-13-21(22)23(26(28)16-9-10-17-26)24(29)27-18-15-20-11-5-4-6-12-20/h4-8,11-14,23H,2-3,9-10,15-19H2,1H3,(H,27,29). The maximum Gasteiger partial charge on any atom is 0.254 e. The maximum absolute atomic E-state index is 13.6.